The third kappa shape index (κ3) is 3.00. The predicted octanol–water partition coefficient (Wildman–Crippen LogP) is 6.69. The molecule has 0 aliphatic carbocycles. The molecule has 4 rings (SSSR count). The second-order valence-electron chi connectivity index (χ2n) is 5.90. The predicted molar refractivity (Wildman–Crippen MR) is 103 cm³/mol. The van der Waals surface area contributed by atoms with Gasteiger partial charge in [0.25, 0.3) is 0 Å². The number of hydrogen-bond donors (Lipinski definition) is 0. The summed E-state index contributed by atoms with van der Waals surface area (Å²) in [6.45, 7) is 0. The Bertz CT molecular complexity index is 784. The molecule has 0 spiro atoms. The molecule has 0 aromatic heterocycles. The number of rotatable bonds is 3. The van der Waals surface area contributed by atoms with Crippen molar-refractivity contribution in [3.05, 3.63) is 109 Å². The molecule has 0 fully saturated rings. The van der Waals surface area contributed by atoms with Crippen LogP contribution in [0.1, 0.15) is 0 Å². The molecule has 0 heterocycles. The van der Waals surface area contributed by atoms with Crippen LogP contribution in [0.25, 0.3) is 33.4 Å². The van der Waals surface area contributed by atoms with Gasteiger partial charge in [0.15, 0.2) is 0 Å². The standard InChI is InChI=1S/C24H18/c1-4-10-19(11-5-1)22-16-23(20-12-6-2-7-13-20)18-24(17-22)21-14-8-3-9-15-21/h1-18H. The Labute approximate surface area is 143 Å². The maximum absolute atomic E-state index is 2.27. The third-order valence-corrected chi connectivity index (χ3v) is 4.25. The van der Waals surface area contributed by atoms with Gasteiger partial charge in [0, 0.05) is 0 Å². The maximum Gasteiger partial charge on any atom is -0.0172 e. The molecule has 24 heavy (non-hydrogen) atoms. The van der Waals surface area contributed by atoms with E-state index in [9.17, 15) is 0 Å². The van der Waals surface area contributed by atoms with Crippen LogP contribution in [0.15, 0.2) is 109 Å². The van der Waals surface area contributed by atoms with E-state index in [-0.39, 0.29) is 0 Å². The summed E-state index contributed by atoms with van der Waals surface area (Å²) in [5, 5.41) is 0. The summed E-state index contributed by atoms with van der Waals surface area (Å²) in [6, 6.07) is 38.5. The Balaban J connectivity index is 1.92. The molecular formula is C24H18. The Hall–Kier alpha value is -3.12. The van der Waals surface area contributed by atoms with Crippen molar-refractivity contribution in [2.24, 2.45) is 0 Å². The van der Waals surface area contributed by atoms with Crippen LogP contribution in [0.4, 0.5) is 0 Å². The minimum absolute atomic E-state index is 1.24. The van der Waals surface area contributed by atoms with Crippen molar-refractivity contribution < 1.29 is 0 Å². The van der Waals surface area contributed by atoms with Gasteiger partial charge in [-0.2, -0.15) is 0 Å². The van der Waals surface area contributed by atoms with Crippen LogP contribution in [0.3, 0.4) is 0 Å². The second kappa shape index (κ2) is 6.55. The Morgan fingerprint density at radius 3 is 0.750 bits per heavy atom. The van der Waals surface area contributed by atoms with Gasteiger partial charge >= 0.3 is 0 Å². The summed E-state index contributed by atoms with van der Waals surface area (Å²) >= 11 is 0. The lowest BCUT2D eigenvalue weighted by Gasteiger charge is -2.11. The topological polar surface area (TPSA) is 0 Å². The largest absolute Gasteiger partial charge is 0.0622 e. The van der Waals surface area contributed by atoms with E-state index in [1.54, 1.807) is 0 Å². The minimum Gasteiger partial charge on any atom is -0.0622 e. The Kier molecular flexibility index (Phi) is 3.95. The number of benzene rings is 4. The van der Waals surface area contributed by atoms with Crippen molar-refractivity contribution in [2.45, 2.75) is 0 Å². The molecule has 0 nitrogen and oxygen atoms in total. The first kappa shape index (κ1) is 14.5. The summed E-state index contributed by atoms with van der Waals surface area (Å²) in [7, 11) is 0. The molecule has 114 valence electrons. The highest BCUT2D eigenvalue weighted by Gasteiger charge is 2.06. The van der Waals surface area contributed by atoms with Crippen molar-refractivity contribution in [3.63, 3.8) is 0 Å². The van der Waals surface area contributed by atoms with Crippen LogP contribution < -0.4 is 0 Å². The summed E-state index contributed by atoms with van der Waals surface area (Å²) in [6.07, 6.45) is 0. The SMILES string of the molecule is c1ccc(-c2cc(-c3ccccc3)cc(-c3ccccc3)c2)cc1. The molecule has 4 aromatic carbocycles. The Morgan fingerprint density at radius 1 is 0.250 bits per heavy atom. The van der Waals surface area contributed by atoms with Crippen LogP contribution in [0.5, 0.6) is 0 Å². The van der Waals surface area contributed by atoms with Crippen LogP contribution >= 0.6 is 0 Å². The van der Waals surface area contributed by atoms with Crippen LogP contribution in [-0.2, 0) is 0 Å². The molecule has 0 heteroatoms. The van der Waals surface area contributed by atoms with Gasteiger partial charge in [-0.3, -0.25) is 0 Å². The van der Waals surface area contributed by atoms with Crippen molar-refractivity contribution in [3.8, 4) is 33.4 Å². The first-order valence-electron chi connectivity index (χ1n) is 8.21. The van der Waals surface area contributed by atoms with Gasteiger partial charge in [-0.25, -0.2) is 0 Å². The van der Waals surface area contributed by atoms with Crippen LogP contribution in [0, 0.1) is 0 Å². The fraction of sp³-hybridized carbons (Fsp3) is 0. The zero-order chi connectivity index (χ0) is 16.2. The maximum atomic E-state index is 2.27. The van der Waals surface area contributed by atoms with Gasteiger partial charge in [0.05, 0.1) is 0 Å². The van der Waals surface area contributed by atoms with E-state index in [1.807, 2.05) is 0 Å². The van der Waals surface area contributed by atoms with Gasteiger partial charge in [-0.05, 0) is 51.6 Å². The molecule has 0 saturated carbocycles. The fourth-order valence-corrected chi connectivity index (χ4v) is 3.02. The first-order valence-corrected chi connectivity index (χ1v) is 8.21. The van der Waals surface area contributed by atoms with E-state index < -0.39 is 0 Å². The van der Waals surface area contributed by atoms with Gasteiger partial charge in [-0.1, -0.05) is 91.0 Å². The first-order chi connectivity index (χ1) is 11.9. The highest BCUT2D eigenvalue weighted by atomic mass is 14.1. The van der Waals surface area contributed by atoms with Crippen molar-refractivity contribution >= 4 is 0 Å². The lowest BCUT2D eigenvalue weighted by atomic mass is 9.93. The summed E-state index contributed by atoms with van der Waals surface area (Å²) < 4.78 is 0. The lowest BCUT2D eigenvalue weighted by molar-refractivity contribution is 1.56. The molecule has 0 N–H and O–H groups in total. The smallest absolute Gasteiger partial charge is 0.0172 e. The second-order valence-corrected chi connectivity index (χ2v) is 5.90. The van der Waals surface area contributed by atoms with E-state index in [0.29, 0.717) is 0 Å². The molecule has 0 aliphatic heterocycles. The zero-order valence-electron chi connectivity index (χ0n) is 13.4. The van der Waals surface area contributed by atoms with Gasteiger partial charge in [0.2, 0.25) is 0 Å². The zero-order valence-corrected chi connectivity index (χ0v) is 13.4. The van der Waals surface area contributed by atoms with Crippen molar-refractivity contribution in [2.75, 3.05) is 0 Å². The molecule has 0 radical (unpaired) electrons. The normalized spacial score (nSPS) is 10.5. The van der Waals surface area contributed by atoms with Crippen LogP contribution in [0.2, 0.25) is 0 Å². The van der Waals surface area contributed by atoms with E-state index in [0.717, 1.165) is 0 Å². The van der Waals surface area contributed by atoms with Crippen LogP contribution in [-0.4, -0.2) is 0 Å². The lowest BCUT2D eigenvalue weighted by Crippen LogP contribution is -1.85. The molecule has 0 unspecified atom stereocenters. The van der Waals surface area contributed by atoms with E-state index in [2.05, 4.69) is 109 Å². The summed E-state index contributed by atoms with van der Waals surface area (Å²) in [5.41, 5.74) is 7.47. The van der Waals surface area contributed by atoms with Gasteiger partial charge < -0.3 is 0 Å². The minimum atomic E-state index is 1.24. The molecule has 0 aliphatic rings. The fourth-order valence-electron chi connectivity index (χ4n) is 3.02. The van der Waals surface area contributed by atoms with Gasteiger partial charge in [0.1, 0.15) is 0 Å². The molecule has 0 amide bonds. The van der Waals surface area contributed by atoms with Crippen molar-refractivity contribution in [1.82, 2.24) is 0 Å². The average molecular weight is 306 g/mol. The van der Waals surface area contributed by atoms with E-state index in [1.165, 1.54) is 33.4 Å². The van der Waals surface area contributed by atoms with Crippen molar-refractivity contribution in [1.29, 1.82) is 0 Å². The van der Waals surface area contributed by atoms with E-state index >= 15 is 0 Å². The Morgan fingerprint density at radius 2 is 0.500 bits per heavy atom. The van der Waals surface area contributed by atoms with Gasteiger partial charge in [-0.15, -0.1) is 0 Å². The summed E-state index contributed by atoms with van der Waals surface area (Å²) in [5.74, 6) is 0. The molecule has 4 aromatic rings. The third-order valence-electron chi connectivity index (χ3n) is 4.25. The summed E-state index contributed by atoms with van der Waals surface area (Å²) in [4.78, 5) is 0. The highest BCUT2D eigenvalue weighted by Crippen LogP contribution is 2.32. The molecular weight excluding hydrogens is 288 g/mol. The van der Waals surface area contributed by atoms with E-state index in [4.69, 9.17) is 0 Å². The highest BCUT2D eigenvalue weighted by molar-refractivity contribution is 5.81. The molecule has 0 bridgehead atoms. The average Bonchev–Trinajstić information content (AvgIpc) is 2.70. The quantitative estimate of drug-likeness (QED) is 0.395. The molecule has 0 atom stereocenters. The monoisotopic (exact) mass is 306 g/mol. The number of hydrogen-bond acceptors (Lipinski definition) is 0. The molecule has 0 saturated heterocycles.